The van der Waals surface area contributed by atoms with Crippen molar-refractivity contribution in [3.05, 3.63) is 117 Å². The number of nitrogens with one attached hydrogen (secondary N) is 2. The quantitative estimate of drug-likeness (QED) is 0.311. The van der Waals surface area contributed by atoms with E-state index in [9.17, 15) is 9.59 Å². The van der Waals surface area contributed by atoms with Gasteiger partial charge < -0.3 is 15.2 Å². The van der Waals surface area contributed by atoms with Crippen LogP contribution in [0.25, 0.3) is 0 Å². The molecule has 7 heteroatoms. The number of rotatable bonds is 4. The van der Waals surface area contributed by atoms with Crippen LogP contribution in [0.4, 0.5) is 11.4 Å². The lowest BCUT2D eigenvalue weighted by atomic mass is 9.98. The molecule has 0 aliphatic carbocycles. The Hall–Kier alpha value is -3.54. The molecule has 1 aliphatic heterocycles. The Balaban J connectivity index is 1.43. The van der Waals surface area contributed by atoms with Crippen molar-refractivity contribution in [1.29, 1.82) is 0 Å². The summed E-state index contributed by atoms with van der Waals surface area (Å²) in [7, 11) is 0. The molecule has 34 heavy (non-hydrogen) atoms. The number of amides is 1. The van der Waals surface area contributed by atoms with Gasteiger partial charge in [-0.3, -0.25) is 9.59 Å². The first kappa shape index (κ1) is 22.3. The van der Waals surface area contributed by atoms with E-state index in [1.807, 2.05) is 43.5 Å². The first-order valence-electron chi connectivity index (χ1n) is 10.8. The van der Waals surface area contributed by atoms with Gasteiger partial charge in [-0.15, -0.1) is 0 Å². The second-order valence-corrected chi connectivity index (χ2v) is 9.05. The van der Waals surface area contributed by atoms with Crippen LogP contribution in [0.1, 0.15) is 43.6 Å². The number of aromatic nitrogens is 1. The van der Waals surface area contributed by atoms with Crippen molar-refractivity contribution in [3.63, 3.8) is 0 Å². The zero-order valence-corrected chi connectivity index (χ0v) is 19.8. The van der Waals surface area contributed by atoms with Crippen molar-refractivity contribution in [1.82, 2.24) is 4.57 Å². The lowest BCUT2D eigenvalue weighted by Crippen LogP contribution is -2.22. The van der Waals surface area contributed by atoms with Crippen LogP contribution >= 0.6 is 23.2 Å². The normalized spacial score (nSPS) is 14.4. The maximum Gasteiger partial charge on any atom is 0.258 e. The van der Waals surface area contributed by atoms with Crippen LogP contribution in [0.5, 0.6) is 0 Å². The van der Waals surface area contributed by atoms with Gasteiger partial charge in [0.2, 0.25) is 0 Å². The zero-order valence-electron chi connectivity index (χ0n) is 18.3. The smallest absolute Gasteiger partial charge is 0.258 e. The predicted octanol–water partition coefficient (Wildman–Crippen LogP) is 6.75. The minimum absolute atomic E-state index is 0.0493. The molecule has 2 N–H and O–H groups in total. The van der Waals surface area contributed by atoms with Crippen LogP contribution in [0, 0.1) is 6.92 Å². The van der Waals surface area contributed by atoms with Crippen molar-refractivity contribution in [2.75, 3.05) is 10.6 Å². The number of Topliss-reactive ketones (excluding diaryl/α,β-unsaturated/α-hetero) is 1. The molecule has 1 aromatic heterocycles. The Morgan fingerprint density at radius 2 is 1.74 bits per heavy atom. The Bertz CT molecular complexity index is 1410. The third-order valence-corrected chi connectivity index (χ3v) is 6.66. The third kappa shape index (κ3) is 4.09. The van der Waals surface area contributed by atoms with Crippen LogP contribution in [0.2, 0.25) is 10.0 Å². The van der Waals surface area contributed by atoms with Crippen molar-refractivity contribution in [2.45, 2.75) is 19.5 Å². The summed E-state index contributed by atoms with van der Waals surface area (Å²) in [5.74, 6) is -0.454. The summed E-state index contributed by atoms with van der Waals surface area (Å²) in [6.45, 7) is 2.54. The number of carbonyl (C=O) groups excluding carboxylic acids is 2. The summed E-state index contributed by atoms with van der Waals surface area (Å²) in [5, 5.41) is 6.83. The molecule has 1 atom stereocenters. The summed E-state index contributed by atoms with van der Waals surface area (Å²) in [6.07, 6.45) is 1.99. The topological polar surface area (TPSA) is 63.1 Å². The minimum atomic E-state index is -0.527. The Morgan fingerprint density at radius 1 is 0.971 bits per heavy atom. The maximum atomic E-state index is 13.6. The van der Waals surface area contributed by atoms with Gasteiger partial charge in [0.25, 0.3) is 5.91 Å². The molecule has 0 fully saturated rings. The highest BCUT2D eigenvalue weighted by atomic mass is 35.5. The van der Waals surface area contributed by atoms with Crippen LogP contribution < -0.4 is 10.6 Å². The monoisotopic (exact) mass is 489 g/mol. The third-order valence-electron chi connectivity index (χ3n) is 6.03. The predicted molar refractivity (Wildman–Crippen MR) is 136 cm³/mol. The van der Waals surface area contributed by atoms with E-state index in [2.05, 4.69) is 21.3 Å². The average Bonchev–Trinajstić information content (AvgIpc) is 3.20. The number of hydrogen-bond donors (Lipinski definition) is 2. The van der Waals surface area contributed by atoms with Gasteiger partial charge in [-0.25, -0.2) is 0 Å². The first-order chi connectivity index (χ1) is 16.4. The van der Waals surface area contributed by atoms with Gasteiger partial charge in [0, 0.05) is 35.4 Å². The highest BCUT2D eigenvalue weighted by molar-refractivity contribution is 6.40. The number of carbonyl (C=O) groups is 2. The van der Waals surface area contributed by atoms with Gasteiger partial charge in [0.15, 0.2) is 5.78 Å². The van der Waals surface area contributed by atoms with E-state index in [1.165, 1.54) is 0 Å². The van der Waals surface area contributed by atoms with E-state index in [0.29, 0.717) is 17.8 Å². The number of benzene rings is 3. The highest BCUT2D eigenvalue weighted by Gasteiger charge is 2.28. The van der Waals surface area contributed by atoms with Gasteiger partial charge in [0.1, 0.15) is 6.04 Å². The largest absolute Gasteiger partial charge is 0.370 e. The summed E-state index contributed by atoms with van der Waals surface area (Å²) >= 11 is 12.3. The second-order valence-electron chi connectivity index (χ2n) is 8.24. The Kier molecular flexibility index (Phi) is 5.90. The van der Waals surface area contributed by atoms with Gasteiger partial charge in [-0.05, 0) is 66.6 Å². The summed E-state index contributed by atoms with van der Waals surface area (Å²) in [4.78, 5) is 26.4. The molecule has 0 saturated carbocycles. The van der Waals surface area contributed by atoms with Crippen molar-refractivity contribution < 1.29 is 9.59 Å². The lowest BCUT2D eigenvalue weighted by molar-refractivity contribution is 0.0966. The molecule has 4 aromatic rings. The van der Waals surface area contributed by atoms with Crippen LogP contribution in [0.15, 0.2) is 79.0 Å². The molecule has 0 radical (unpaired) electrons. The molecule has 3 aromatic carbocycles. The van der Waals surface area contributed by atoms with Crippen molar-refractivity contribution in [2.24, 2.45) is 0 Å². The van der Waals surface area contributed by atoms with Gasteiger partial charge in [0.05, 0.1) is 15.6 Å². The molecular formula is C27H21Cl2N3O2. The van der Waals surface area contributed by atoms with E-state index >= 15 is 0 Å². The number of aryl methyl sites for hydroxylation is 1. The number of hydrogen-bond acceptors (Lipinski definition) is 3. The molecular weight excluding hydrogens is 469 g/mol. The Labute approximate surface area is 207 Å². The fourth-order valence-electron chi connectivity index (χ4n) is 4.27. The molecule has 1 amide bonds. The molecule has 5 nitrogen and oxygen atoms in total. The summed E-state index contributed by atoms with van der Waals surface area (Å²) in [5.41, 5.74) is 5.09. The molecule has 0 saturated heterocycles. The fourth-order valence-corrected chi connectivity index (χ4v) is 4.84. The van der Waals surface area contributed by atoms with E-state index in [1.54, 1.807) is 36.4 Å². The Morgan fingerprint density at radius 3 is 2.50 bits per heavy atom. The standard InChI is InChI=1S/C27H21Cl2N3O2/c1-16-14-17(11-12-21(16)31-27(34)24-19(28)7-4-8-20(24)29)26(33)25-23-10-5-13-32(23)15-18-6-2-3-9-22(18)30-25/h2-14,25,30H,15H2,1H3,(H,31,34). The number of anilines is 2. The number of fused-ring (bicyclic) bond motifs is 2. The maximum absolute atomic E-state index is 13.6. The zero-order chi connectivity index (χ0) is 23.8. The van der Waals surface area contributed by atoms with Gasteiger partial charge in [-0.1, -0.05) is 47.5 Å². The molecule has 5 rings (SSSR count). The van der Waals surface area contributed by atoms with Gasteiger partial charge in [-0.2, -0.15) is 0 Å². The first-order valence-corrected chi connectivity index (χ1v) is 11.6. The van der Waals surface area contributed by atoms with E-state index in [-0.39, 0.29) is 21.4 Å². The lowest BCUT2D eigenvalue weighted by Gasteiger charge is -2.19. The number of ketones is 1. The molecule has 0 bridgehead atoms. The van der Waals surface area contributed by atoms with E-state index in [0.717, 1.165) is 22.5 Å². The number of nitrogens with zero attached hydrogens (tertiary/aromatic N) is 1. The molecule has 170 valence electrons. The summed E-state index contributed by atoms with van der Waals surface area (Å²) in [6, 6.07) is 21.6. The molecule has 0 spiro atoms. The van der Waals surface area contributed by atoms with Crippen LogP contribution in [0.3, 0.4) is 0 Å². The van der Waals surface area contributed by atoms with Crippen molar-refractivity contribution in [3.8, 4) is 0 Å². The van der Waals surface area contributed by atoms with Crippen molar-refractivity contribution >= 4 is 46.3 Å². The average molecular weight is 490 g/mol. The molecule has 2 heterocycles. The molecule has 1 aliphatic rings. The van der Waals surface area contributed by atoms with E-state index in [4.69, 9.17) is 23.2 Å². The number of para-hydroxylation sites is 1. The SMILES string of the molecule is Cc1cc(C(=O)C2Nc3ccccc3Cn3cccc32)ccc1NC(=O)c1c(Cl)cccc1Cl. The van der Waals surface area contributed by atoms with E-state index < -0.39 is 11.9 Å². The number of halogens is 2. The minimum Gasteiger partial charge on any atom is -0.370 e. The highest BCUT2D eigenvalue weighted by Crippen LogP contribution is 2.32. The van der Waals surface area contributed by atoms with Gasteiger partial charge >= 0.3 is 0 Å². The summed E-state index contributed by atoms with van der Waals surface area (Å²) < 4.78 is 2.09. The van der Waals surface area contributed by atoms with Crippen LogP contribution in [-0.4, -0.2) is 16.3 Å². The van der Waals surface area contributed by atoms with Crippen LogP contribution in [-0.2, 0) is 6.54 Å². The molecule has 1 unspecified atom stereocenters. The second kappa shape index (κ2) is 9.01. The fraction of sp³-hybridized carbons (Fsp3) is 0.111.